The largest absolute Gasteiger partial charge is 0.416 e. The Labute approximate surface area is 159 Å². The lowest BCUT2D eigenvalue weighted by Crippen LogP contribution is -2.24. The Hall–Kier alpha value is -3.44. The van der Waals surface area contributed by atoms with Crippen molar-refractivity contribution >= 4 is 5.91 Å². The molecule has 3 aromatic rings. The first-order chi connectivity index (χ1) is 13.5. The first kappa shape index (κ1) is 20.3. The van der Waals surface area contributed by atoms with Crippen molar-refractivity contribution in [3.05, 3.63) is 71.3 Å². The van der Waals surface area contributed by atoms with Gasteiger partial charge >= 0.3 is 12.4 Å². The van der Waals surface area contributed by atoms with Gasteiger partial charge in [0.2, 0.25) is 0 Å². The number of rotatable bonds is 4. The van der Waals surface area contributed by atoms with E-state index < -0.39 is 35.0 Å². The average molecular weight is 415 g/mol. The van der Waals surface area contributed by atoms with Crippen molar-refractivity contribution in [3.63, 3.8) is 0 Å². The van der Waals surface area contributed by atoms with Gasteiger partial charge in [-0.3, -0.25) is 9.78 Å². The molecule has 12 heteroatoms. The summed E-state index contributed by atoms with van der Waals surface area (Å²) in [5.74, 6) is -1.11. The predicted octanol–water partition coefficient (Wildman–Crippen LogP) is 3.63. The molecule has 0 atom stereocenters. The van der Waals surface area contributed by atoms with Crippen molar-refractivity contribution in [3.8, 4) is 5.69 Å². The summed E-state index contributed by atoms with van der Waals surface area (Å²) in [7, 11) is 0. The summed E-state index contributed by atoms with van der Waals surface area (Å²) in [6.07, 6.45) is -5.59. The number of carbonyl (C=O) groups excluding carboxylic acids is 1. The van der Waals surface area contributed by atoms with Gasteiger partial charge in [0.15, 0.2) is 0 Å². The molecule has 1 amide bonds. The highest BCUT2D eigenvalue weighted by molar-refractivity contribution is 5.94. The molecule has 0 fully saturated rings. The number of benzene rings is 1. The van der Waals surface area contributed by atoms with Crippen LogP contribution in [0.3, 0.4) is 0 Å². The third kappa shape index (κ3) is 4.89. The summed E-state index contributed by atoms with van der Waals surface area (Å²) in [6, 6.07) is 3.95. The van der Waals surface area contributed by atoms with E-state index in [0.29, 0.717) is 17.8 Å². The minimum Gasteiger partial charge on any atom is -0.346 e. The Morgan fingerprint density at radius 1 is 0.966 bits per heavy atom. The topological polar surface area (TPSA) is 72.7 Å². The molecule has 2 heterocycles. The minimum absolute atomic E-state index is 0.0446. The number of carbonyl (C=O) groups is 1. The van der Waals surface area contributed by atoms with Crippen LogP contribution < -0.4 is 5.32 Å². The molecule has 0 radical (unpaired) electrons. The molecular weight excluding hydrogens is 404 g/mol. The van der Waals surface area contributed by atoms with Crippen molar-refractivity contribution in [1.29, 1.82) is 0 Å². The van der Waals surface area contributed by atoms with E-state index in [9.17, 15) is 31.1 Å². The normalized spacial score (nSPS) is 12.1. The minimum atomic E-state index is -5.04. The monoisotopic (exact) mass is 415 g/mol. The number of nitrogens with zero attached hydrogens (tertiary/aromatic N) is 4. The van der Waals surface area contributed by atoms with Crippen LogP contribution in [0.5, 0.6) is 0 Å². The standard InChI is InChI=1S/C17H11F6N5O/c18-16(19,20)11-5-10(6-12(7-11)17(21,22)23)15(29)25-8-13-9-28(27-26-13)14-1-3-24-4-2-14/h1-7,9H,8H2,(H,25,29). The Kier molecular flexibility index (Phi) is 5.27. The summed E-state index contributed by atoms with van der Waals surface area (Å²) in [5, 5.41) is 9.85. The highest BCUT2D eigenvalue weighted by atomic mass is 19.4. The molecule has 0 aliphatic rings. The summed E-state index contributed by atoms with van der Waals surface area (Å²) in [6.45, 7) is -0.248. The fourth-order valence-corrected chi connectivity index (χ4v) is 2.36. The number of amides is 1. The molecule has 2 aromatic heterocycles. The maximum absolute atomic E-state index is 12.9. The van der Waals surface area contributed by atoms with Crippen molar-refractivity contribution in [2.75, 3.05) is 0 Å². The predicted molar refractivity (Wildman–Crippen MR) is 86.8 cm³/mol. The Morgan fingerprint density at radius 3 is 2.10 bits per heavy atom. The maximum atomic E-state index is 12.9. The Balaban J connectivity index is 1.78. The zero-order valence-electron chi connectivity index (χ0n) is 14.3. The van der Waals surface area contributed by atoms with Crippen molar-refractivity contribution in [2.24, 2.45) is 0 Å². The Morgan fingerprint density at radius 2 is 1.55 bits per heavy atom. The molecule has 0 saturated carbocycles. The van der Waals surface area contributed by atoms with E-state index in [-0.39, 0.29) is 18.3 Å². The van der Waals surface area contributed by atoms with Crippen LogP contribution in [0.1, 0.15) is 27.2 Å². The molecule has 0 aliphatic heterocycles. The number of hydrogen-bond acceptors (Lipinski definition) is 4. The van der Waals surface area contributed by atoms with Crippen molar-refractivity contribution in [2.45, 2.75) is 18.9 Å². The molecule has 0 aliphatic carbocycles. The number of hydrogen-bond donors (Lipinski definition) is 1. The summed E-state index contributed by atoms with van der Waals surface area (Å²) in [5.41, 5.74) is -3.04. The van der Waals surface area contributed by atoms with Gasteiger partial charge in [-0.25, -0.2) is 4.68 Å². The number of halogens is 6. The Bertz CT molecular complexity index is 981. The van der Waals surface area contributed by atoms with Crippen LogP contribution >= 0.6 is 0 Å². The van der Waals surface area contributed by atoms with Gasteiger partial charge in [-0.05, 0) is 30.3 Å². The first-order valence-corrected chi connectivity index (χ1v) is 7.93. The van der Waals surface area contributed by atoms with Gasteiger partial charge in [0.1, 0.15) is 5.69 Å². The molecular formula is C17H11F6N5O. The summed E-state index contributed by atoms with van der Waals surface area (Å²) in [4.78, 5) is 16.0. The number of aromatic nitrogens is 4. The molecule has 29 heavy (non-hydrogen) atoms. The molecule has 1 aromatic carbocycles. The van der Waals surface area contributed by atoms with Gasteiger partial charge in [0.05, 0.1) is 29.6 Å². The van der Waals surface area contributed by atoms with E-state index in [1.807, 2.05) is 0 Å². The number of alkyl halides is 6. The maximum Gasteiger partial charge on any atom is 0.416 e. The first-order valence-electron chi connectivity index (χ1n) is 7.93. The third-order valence-electron chi connectivity index (χ3n) is 3.75. The van der Waals surface area contributed by atoms with E-state index in [2.05, 4.69) is 20.6 Å². The van der Waals surface area contributed by atoms with Crippen LogP contribution in [0.2, 0.25) is 0 Å². The fourth-order valence-electron chi connectivity index (χ4n) is 2.36. The molecule has 0 spiro atoms. The van der Waals surface area contributed by atoms with Crippen LogP contribution in [0, 0.1) is 0 Å². The SMILES string of the molecule is O=C(NCc1cn(-c2ccncc2)nn1)c1cc(C(F)(F)F)cc(C(F)(F)F)c1. The van der Waals surface area contributed by atoms with E-state index in [0.717, 1.165) is 0 Å². The lowest BCUT2D eigenvalue weighted by Gasteiger charge is -2.14. The highest BCUT2D eigenvalue weighted by Crippen LogP contribution is 2.36. The van der Waals surface area contributed by atoms with Gasteiger partial charge in [-0.1, -0.05) is 5.21 Å². The highest BCUT2D eigenvalue weighted by Gasteiger charge is 2.37. The average Bonchev–Trinajstić information content (AvgIpc) is 3.14. The number of pyridine rings is 1. The van der Waals surface area contributed by atoms with Gasteiger partial charge in [0, 0.05) is 18.0 Å². The zero-order valence-corrected chi connectivity index (χ0v) is 14.3. The molecule has 6 nitrogen and oxygen atoms in total. The molecule has 0 saturated heterocycles. The second kappa shape index (κ2) is 7.53. The van der Waals surface area contributed by atoms with E-state index in [4.69, 9.17) is 0 Å². The van der Waals surface area contributed by atoms with E-state index in [1.54, 1.807) is 12.1 Å². The van der Waals surface area contributed by atoms with E-state index >= 15 is 0 Å². The molecule has 0 unspecified atom stereocenters. The lowest BCUT2D eigenvalue weighted by molar-refractivity contribution is -0.143. The van der Waals surface area contributed by atoms with Crippen LogP contribution in [0.15, 0.2) is 48.9 Å². The van der Waals surface area contributed by atoms with Gasteiger partial charge in [0.25, 0.3) is 5.91 Å². The molecule has 3 rings (SSSR count). The van der Waals surface area contributed by atoms with Gasteiger partial charge < -0.3 is 5.32 Å². The zero-order chi connectivity index (χ0) is 21.2. The van der Waals surface area contributed by atoms with Gasteiger partial charge in [-0.15, -0.1) is 5.10 Å². The fraction of sp³-hybridized carbons (Fsp3) is 0.176. The van der Waals surface area contributed by atoms with Crippen LogP contribution in [-0.2, 0) is 18.9 Å². The second-order valence-electron chi connectivity index (χ2n) is 5.84. The van der Waals surface area contributed by atoms with Crippen LogP contribution in [0.4, 0.5) is 26.3 Å². The molecule has 1 N–H and O–H groups in total. The summed E-state index contributed by atoms with van der Waals surface area (Å²) >= 11 is 0. The second-order valence-corrected chi connectivity index (χ2v) is 5.84. The number of nitrogens with one attached hydrogen (secondary N) is 1. The van der Waals surface area contributed by atoms with Crippen molar-refractivity contribution in [1.82, 2.24) is 25.3 Å². The molecule has 0 bridgehead atoms. The van der Waals surface area contributed by atoms with Crippen molar-refractivity contribution < 1.29 is 31.1 Å². The van der Waals surface area contributed by atoms with Crippen LogP contribution in [0.25, 0.3) is 5.69 Å². The smallest absolute Gasteiger partial charge is 0.346 e. The molecule has 152 valence electrons. The summed E-state index contributed by atoms with van der Waals surface area (Å²) < 4.78 is 78.7. The van der Waals surface area contributed by atoms with Gasteiger partial charge in [-0.2, -0.15) is 26.3 Å². The van der Waals surface area contributed by atoms with Crippen LogP contribution in [-0.4, -0.2) is 25.9 Å². The quantitative estimate of drug-likeness (QED) is 0.661. The third-order valence-corrected chi connectivity index (χ3v) is 3.75. The lowest BCUT2D eigenvalue weighted by atomic mass is 10.0. The van der Waals surface area contributed by atoms with E-state index in [1.165, 1.54) is 23.3 Å².